The summed E-state index contributed by atoms with van der Waals surface area (Å²) in [7, 11) is 0. The molecule has 0 radical (unpaired) electrons. The molecule has 2 rings (SSSR count). The van der Waals surface area contributed by atoms with Crippen molar-refractivity contribution in [3.63, 3.8) is 0 Å². The zero-order valence-electron chi connectivity index (χ0n) is 9.91. The van der Waals surface area contributed by atoms with Gasteiger partial charge in [-0.1, -0.05) is 11.6 Å². The summed E-state index contributed by atoms with van der Waals surface area (Å²) in [6.45, 7) is 0.367. The van der Waals surface area contributed by atoms with E-state index in [0.717, 1.165) is 25.0 Å². The van der Waals surface area contributed by atoms with E-state index in [-0.39, 0.29) is 23.4 Å². The Morgan fingerprint density at radius 3 is 2.63 bits per heavy atom. The van der Waals surface area contributed by atoms with Crippen LogP contribution in [0.2, 0.25) is 5.15 Å². The molecule has 0 spiro atoms. The van der Waals surface area contributed by atoms with E-state index >= 15 is 0 Å². The van der Waals surface area contributed by atoms with Crippen LogP contribution in [0.1, 0.15) is 24.8 Å². The van der Waals surface area contributed by atoms with Gasteiger partial charge in [-0.2, -0.15) is 18.4 Å². The van der Waals surface area contributed by atoms with Crippen LogP contribution in [0.15, 0.2) is 12.1 Å². The van der Waals surface area contributed by atoms with Crippen molar-refractivity contribution in [2.75, 3.05) is 11.4 Å². The van der Waals surface area contributed by atoms with E-state index in [2.05, 4.69) is 4.98 Å². The van der Waals surface area contributed by atoms with Gasteiger partial charge in [0, 0.05) is 12.6 Å². The molecule has 1 saturated carbocycles. The maximum absolute atomic E-state index is 12.7. The molecule has 0 unspecified atom stereocenters. The molecule has 1 fully saturated rings. The van der Waals surface area contributed by atoms with Gasteiger partial charge in [-0.3, -0.25) is 0 Å². The van der Waals surface area contributed by atoms with E-state index in [1.54, 1.807) is 4.90 Å². The highest BCUT2D eigenvalue weighted by molar-refractivity contribution is 6.29. The van der Waals surface area contributed by atoms with Crippen LogP contribution in [-0.2, 0) is 6.18 Å². The number of halogens is 4. The van der Waals surface area contributed by atoms with Crippen LogP contribution in [0.4, 0.5) is 19.0 Å². The lowest BCUT2D eigenvalue weighted by Crippen LogP contribution is -2.28. The van der Waals surface area contributed by atoms with Crippen LogP contribution in [0, 0.1) is 11.3 Å². The average Bonchev–Trinajstić information content (AvgIpc) is 3.12. The third-order valence-electron chi connectivity index (χ3n) is 2.85. The van der Waals surface area contributed by atoms with Crippen molar-refractivity contribution in [2.45, 2.75) is 31.5 Å². The smallest absolute Gasteiger partial charge is 0.353 e. The van der Waals surface area contributed by atoms with Crippen molar-refractivity contribution in [1.82, 2.24) is 4.98 Å². The second-order valence-electron chi connectivity index (χ2n) is 4.37. The second kappa shape index (κ2) is 5.25. The molecule has 7 heteroatoms. The first kappa shape index (κ1) is 13.9. The summed E-state index contributed by atoms with van der Waals surface area (Å²) in [6, 6.07) is 3.95. The molecule has 102 valence electrons. The number of pyridine rings is 1. The molecule has 1 aromatic heterocycles. The van der Waals surface area contributed by atoms with Gasteiger partial charge in [-0.05, 0) is 25.0 Å². The number of alkyl halides is 3. The molecule has 0 aromatic carbocycles. The van der Waals surface area contributed by atoms with Crippen molar-refractivity contribution >= 4 is 17.4 Å². The van der Waals surface area contributed by atoms with E-state index in [1.165, 1.54) is 0 Å². The Balaban J connectivity index is 2.31. The van der Waals surface area contributed by atoms with E-state index in [9.17, 15) is 13.2 Å². The Morgan fingerprint density at radius 1 is 1.42 bits per heavy atom. The van der Waals surface area contributed by atoms with Gasteiger partial charge < -0.3 is 4.90 Å². The quantitative estimate of drug-likeness (QED) is 0.795. The van der Waals surface area contributed by atoms with Crippen LogP contribution in [0.5, 0.6) is 0 Å². The van der Waals surface area contributed by atoms with Gasteiger partial charge in [0.1, 0.15) is 11.0 Å². The highest BCUT2D eigenvalue weighted by Crippen LogP contribution is 2.36. The van der Waals surface area contributed by atoms with Crippen molar-refractivity contribution in [2.24, 2.45) is 0 Å². The van der Waals surface area contributed by atoms with Crippen LogP contribution in [0.25, 0.3) is 0 Å². The predicted octanol–water partition coefficient (Wildman–Crippen LogP) is 3.64. The standard InChI is InChI=1S/C12H11ClF3N3/c13-10-6-8(12(14,15)16)7-11(18-10)19(5-1-4-17)9-2-3-9/h6-7,9H,1-3,5H2. The molecule has 0 bridgehead atoms. The minimum Gasteiger partial charge on any atom is -0.353 e. The van der Waals surface area contributed by atoms with E-state index < -0.39 is 11.7 Å². The number of hydrogen-bond donors (Lipinski definition) is 0. The summed E-state index contributed by atoms with van der Waals surface area (Å²) in [4.78, 5) is 5.67. The summed E-state index contributed by atoms with van der Waals surface area (Å²) >= 11 is 5.66. The Morgan fingerprint density at radius 2 is 2.11 bits per heavy atom. The molecule has 1 heterocycles. The summed E-state index contributed by atoms with van der Waals surface area (Å²) in [5.41, 5.74) is -0.815. The van der Waals surface area contributed by atoms with Gasteiger partial charge in [0.2, 0.25) is 0 Å². The number of nitriles is 1. The monoisotopic (exact) mass is 289 g/mol. The molecule has 0 amide bonds. The van der Waals surface area contributed by atoms with Crippen molar-refractivity contribution in [3.8, 4) is 6.07 Å². The molecular formula is C12H11ClF3N3. The third kappa shape index (κ3) is 3.51. The molecule has 0 saturated heterocycles. The van der Waals surface area contributed by atoms with Gasteiger partial charge in [0.15, 0.2) is 0 Å². The fourth-order valence-electron chi connectivity index (χ4n) is 1.83. The lowest BCUT2D eigenvalue weighted by molar-refractivity contribution is -0.137. The van der Waals surface area contributed by atoms with Gasteiger partial charge >= 0.3 is 6.18 Å². The highest BCUT2D eigenvalue weighted by Gasteiger charge is 2.34. The molecule has 1 aliphatic carbocycles. The fraction of sp³-hybridized carbons (Fsp3) is 0.500. The number of anilines is 1. The minimum atomic E-state index is -4.45. The maximum atomic E-state index is 12.7. The Hall–Kier alpha value is -1.48. The maximum Gasteiger partial charge on any atom is 0.416 e. The SMILES string of the molecule is N#CCCN(c1cc(C(F)(F)F)cc(Cl)n1)C1CC1. The molecule has 1 aromatic rings. The molecule has 0 N–H and O–H groups in total. The Kier molecular flexibility index (Phi) is 3.85. The average molecular weight is 290 g/mol. The second-order valence-corrected chi connectivity index (χ2v) is 4.75. The molecule has 0 aliphatic heterocycles. The Bertz CT molecular complexity index is 506. The van der Waals surface area contributed by atoms with Crippen LogP contribution in [-0.4, -0.2) is 17.6 Å². The topological polar surface area (TPSA) is 39.9 Å². The van der Waals surface area contributed by atoms with Gasteiger partial charge in [0.25, 0.3) is 0 Å². The Labute approximate surface area is 113 Å². The van der Waals surface area contributed by atoms with Gasteiger partial charge in [-0.25, -0.2) is 4.98 Å². The molecule has 19 heavy (non-hydrogen) atoms. The predicted molar refractivity (Wildman–Crippen MR) is 64.8 cm³/mol. The zero-order chi connectivity index (χ0) is 14.0. The van der Waals surface area contributed by atoms with E-state index in [0.29, 0.717) is 6.54 Å². The fourth-order valence-corrected chi connectivity index (χ4v) is 2.04. The summed E-state index contributed by atoms with van der Waals surface area (Å²) in [6.07, 6.45) is -2.40. The van der Waals surface area contributed by atoms with Crippen molar-refractivity contribution in [3.05, 3.63) is 22.8 Å². The van der Waals surface area contributed by atoms with E-state index in [4.69, 9.17) is 16.9 Å². The van der Waals surface area contributed by atoms with Gasteiger partial charge in [0.05, 0.1) is 18.1 Å². The number of nitrogens with zero attached hydrogens (tertiary/aromatic N) is 3. The first-order valence-electron chi connectivity index (χ1n) is 5.80. The van der Waals surface area contributed by atoms with Crippen LogP contribution >= 0.6 is 11.6 Å². The highest BCUT2D eigenvalue weighted by atomic mass is 35.5. The minimum absolute atomic E-state index is 0.167. The first-order chi connectivity index (χ1) is 8.91. The molecule has 1 aliphatic rings. The molecule has 3 nitrogen and oxygen atoms in total. The first-order valence-corrected chi connectivity index (χ1v) is 6.18. The lowest BCUT2D eigenvalue weighted by atomic mass is 10.2. The molecule has 0 atom stereocenters. The van der Waals surface area contributed by atoms with Gasteiger partial charge in [-0.15, -0.1) is 0 Å². The van der Waals surface area contributed by atoms with Crippen LogP contribution in [0.3, 0.4) is 0 Å². The lowest BCUT2D eigenvalue weighted by Gasteiger charge is -2.23. The summed E-state index contributed by atoms with van der Waals surface area (Å²) in [5, 5.41) is 8.41. The largest absolute Gasteiger partial charge is 0.416 e. The number of aromatic nitrogens is 1. The van der Waals surface area contributed by atoms with E-state index in [1.807, 2.05) is 6.07 Å². The number of hydrogen-bond acceptors (Lipinski definition) is 3. The zero-order valence-corrected chi connectivity index (χ0v) is 10.7. The van der Waals surface area contributed by atoms with Crippen molar-refractivity contribution < 1.29 is 13.2 Å². The van der Waals surface area contributed by atoms with Crippen LogP contribution < -0.4 is 4.90 Å². The summed E-state index contributed by atoms with van der Waals surface area (Å²) < 4.78 is 38.2. The molecular weight excluding hydrogens is 279 g/mol. The normalized spacial score (nSPS) is 15.1. The third-order valence-corrected chi connectivity index (χ3v) is 3.05. The number of rotatable bonds is 4. The summed E-state index contributed by atoms with van der Waals surface area (Å²) in [5.74, 6) is 0.192. The van der Waals surface area contributed by atoms with Crippen molar-refractivity contribution in [1.29, 1.82) is 5.26 Å².